The quantitative estimate of drug-likeness (QED) is 0.519. The van der Waals surface area contributed by atoms with Crippen molar-refractivity contribution in [2.24, 2.45) is 5.92 Å². The summed E-state index contributed by atoms with van der Waals surface area (Å²) in [7, 11) is 0. The number of hydrogen-bond donors (Lipinski definition) is 0. The van der Waals surface area contributed by atoms with Crippen molar-refractivity contribution in [1.29, 1.82) is 0 Å². The molecule has 0 saturated carbocycles. The van der Waals surface area contributed by atoms with Gasteiger partial charge in [-0.1, -0.05) is 50.5 Å². The first-order chi connectivity index (χ1) is 6.11. The molecule has 13 heavy (non-hydrogen) atoms. The van der Waals surface area contributed by atoms with E-state index in [4.69, 9.17) is 0 Å². The Kier molecular flexibility index (Phi) is 6.66. The second-order valence-corrected chi connectivity index (χ2v) is 4.01. The topological polar surface area (TPSA) is 0 Å². The second kappa shape index (κ2) is 6.94. The zero-order valence-electron chi connectivity index (χ0n) is 9.69. The van der Waals surface area contributed by atoms with Gasteiger partial charge in [0.1, 0.15) is 0 Å². The van der Waals surface area contributed by atoms with Crippen LogP contribution in [0.5, 0.6) is 0 Å². The fourth-order valence-electron chi connectivity index (χ4n) is 1.80. The Morgan fingerprint density at radius 3 is 1.92 bits per heavy atom. The molecule has 0 unspecified atom stereocenters. The van der Waals surface area contributed by atoms with Gasteiger partial charge in [0.05, 0.1) is 0 Å². The van der Waals surface area contributed by atoms with Crippen LogP contribution < -0.4 is 0 Å². The second-order valence-electron chi connectivity index (χ2n) is 4.01. The van der Waals surface area contributed by atoms with E-state index >= 15 is 0 Å². The fourth-order valence-corrected chi connectivity index (χ4v) is 1.80. The molecule has 0 aromatic rings. The summed E-state index contributed by atoms with van der Waals surface area (Å²) >= 11 is 0. The highest BCUT2D eigenvalue weighted by atomic mass is 14.1. The molecule has 0 fully saturated rings. The first-order valence-electron chi connectivity index (χ1n) is 5.45. The van der Waals surface area contributed by atoms with Gasteiger partial charge < -0.3 is 0 Å². The summed E-state index contributed by atoms with van der Waals surface area (Å²) in [6.45, 7) is 12.8. The molecule has 0 spiro atoms. The molecule has 0 bridgehead atoms. The largest absolute Gasteiger partial charge is 0.0961 e. The summed E-state index contributed by atoms with van der Waals surface area (Å²) in [5, 5.41) is 0. The lowest BCUT2D eigenvalue weighted by molar-refractivity contribution is 0.503. The van der Waals surface area contributed by atoms with Gasteiger partial charge in [0.25, 0.3) is 0 Å². The molecule has 0 amide bonds. The van der Waals surface area contributed by atoms with Crippen LogP contribution in [-0.4, -0.2) is 0 Å². The van der Waals surface area contributed by atoms with Crippen LogP contribution in [0.25, 0.3) is 0 Å². The molecule has 0 N–H and O–H groups in total. The summed E-state index contributed by atoms with van der Waals surface area (Å²) in [4.78, 5) is 0. The van der Waals surface area contributed by atoms with E-state index in [0.717, 1.165) is 5.92 Å². The van der Waals surface area contributed by atoms with Gasteiger partial charge in [0.15, 0.2) is 0 Å². The van der Waals surface area contributed by atoms with Crippen LogP contribution in [0.3, 0.4) is 0 Å². The molecular formula is C13H24. The molecule has 76 valence electrons. The van der Waals surface area contributed by atoms with Crippen molar-refractivity contribution in [3.8, 4) is 0 Å². The molecule has 0 aromatic heterocycles. The highest BCUT2D eigenvalue weighted by Gasteiger charge is 2.07. The Labute approximate surface area is 83.7 Å². The maximum atomic E-state index is 3.92. The predicted molar refractivity (Wildman–Crippen MR) is 61.9 cm³/mol. The molecule has 0 heterocycles. The molecule has 0 saturated heterocycles. The van der Waals surface area contributed by atoms with Gasteiger partial charge in [-0.25, -0.2) is 0 Å². The van der Waals surface area contributed by atoms with Crippen molar-refractivity contribution < 1.29 is 0 Å². The maximum absolute atomic E-state index is 3.92. The Morgan fingerprint density at radius 2 is 1.62 bits per heavy atom. The van der Waals surface area contributed by atoms with E-state index < -0.39 is 0 Å². The van der Waals surface area contributed by atoms with E-state index in [0.29, 0.717) is 0 Å². The Morgan fingerprint density at radius 1 is 1.15 bits per heavy atom. The molecule has 0 rings (SSSR count). The smallest absolute Gasteiger partial charge is 0.0203 e. The zero-order valence-corrected chi connectivity index (χ0v) is 9.69. The third-order valence-corrected chi connectivity index (χ3v) is 2.39. The standard InChI is InChI=1S/C13H24/c1-6-8-13(9-7-2)12(5)10-11(3)4/h10,13H,3,6-9H2,1-2,4-5H3. The molecule has 0 aliphatic carbocycles. The highest BCUT2D eigenvalue weighted by molar-refractivity contribution is 5.19. The minimum absolute atomic E-state index is 0.784. The summed E-state index contributed by atoms with van der Waals surface area (Å²) in [6.07, 6.45) is 7.45. The van der Waals surface area contributed by atoms with Crippen LogP contribution in [0.1, 0.15) is 53.4 Å². The minimum Gasteiger partial charge on any atom is -0.0961 e. The average Bonchev–Trinajstić information content (AvgIpc) is 2.02. The van der Waals surface area contributed by atoms with Crippen molar-refractivity contribution in [2.45, 2.75) is 53.4 Å². The molecule has 0 aromatic carbocycles. The zero-order chi connectivity index (χ0) is 10.3. The maximum Gasteiger partial charge on any atom is -0.0203 e. The monoisotopic (exact) mass is 180 g/mol. The SMILES string of the molecule is C=C(C)C=C(C)C(CCC)CCC. The molecule has 0 heteroatoms. The molecule has 0 aliphatic heterocycles. The third-order valence-electron chi connectivity index (χ3n) is 2.39. The molecule has 0 radical (unpaired) electrons. The predicted octanol–water partition coefficient (Wildman–Crippen LogP) is 4.73. The van der Waals surface area contributed by atoms with E-state index in [9.17, 15) is 0 Å². The molecule has 0 atom stereocenters. The van der Waals surface area contributed by atoms with Gasteiger partial charge in [-0.3, -0.25) is 0 Å². The Hall–Kier alpha value is -0.520. The number of rotatable bonds is 6. The van der Waals surface area contributed by atoms with Crippen LogP contribution in [0.2, 0.25) is 0 Å². The summed E-state index contributed by atoms with van der Waals surface area (Å²) in [5.41, 5.74) is 2.69. The van der Waals surface area contributed by atoms with Crippen molar-refractivity contribution in [3.05, 3.63) is 23.8 Å². The van der Waals surface area contributed by atoms with Gasteiger partial charge in [-0.2, -0.15) is 0 Å². The van der Waals surface area contributed by atoms with E-state index in [2.05, 4.69) is 40.3 Å². The third kappa shape index (κ3) is 5.68. The summed E-state index contributed by atoms with van der Waals surface area (Å²) in [6, 6.07) is 0. The van der Waals surface area contributed by atoms with Gasteiger partial charge in [-0.15, -0.1) is 0 Å². The van der Waals surface area contributed by atoms with Crippen LogP contribution in [-0.2, 0) is 0 Å². The van der Waals surface area contributed by atoms with Crippen molar-refractivity contribution >= 4 is 0 Å². The van der Waals surface area contributed by atoms with Gasteiger partial charge >= 0.3 is 0 Å². The van der Waals surface area contributed by atoms with Gasteiger partial charge in [0, 0.05) is 0 Å². The van der Waals surface area contributed by atoms with Crippen LogP contribution in [0, 0.1) is 5.92 Å². The number of allylic oxidation sites excluding steroid dienone is 3. The minimum atomic E-state index is 0.784. The van der Waals surface area contributed by atoms with E-state index in [1.807, 2.05) is 0 Å². The fraction of sp³-hybridized carbons (Fsp3) is 0.692. The number of hydrogen-bond acceptors (Lipinski definition) is 0. The average molecular weight is 180 g/mol. The first-order valence-corrected chi connectivity index (χ1v) is 5.45. The van der Waals surface area contributed by atoms with Gasteiger partial charge in [-0.05, 0) is 32.6 Å². The van der Waals surface area contributed by atoms with Crippen molar-refractivity contribution in [2.75, 3.05) is 0 Å². The Balaban J connectivity index is 4.25. The van der Waals surface area contributed by atoms with Crippen LogP contribution in [0.15, 0.2) is 23.8 Å². The molecular weight excluding hydrogens is 156 g/mol. The van der Waals surface area contributed by atoms with Crippen LogP contribution >= 0.6 is 0 Å². The Bertz CT molecular complexity index is 168. The lowest BCUT2D eigenvalue weighted by Crippen LogP contribution is -2.01. The van der Waals surface area contributed by atoms with Crippen molar-refractivity contribution in [1.82, 2.24) is 0 Å². The first kappa shape index (κ1) is 12.5. The highest BCUT2D eigenvalue weighted by Crippen LogP contribution is 2.22. The molecule has 0 aliphatic rings. The lowest BCUT2D eigenvalue weighted by Gasteiger charge is -2.16. The van der Waals surface area contributed by atoms with E-state index in [1.165, 1.54) is 36.8 Å². The van der Waals surface area contributed by atoms with E-state index in [1.54, 1.807) is 0 Å². The van der Waals surface area contributed by atoms with E-state index in [-0.39, 0.29) is 0 Å². The van der Waals surface area contributed by atoms with Crippen molar-refractivity contribution in [3.63, 3.8) is 0 Å². The summed E-state index contributed by atoms with van der Waals surface area (Å²) < 4.78 is 0. The van der Waals surface area contributed by atoms with Crippen LogP contribution in [0.4, 0.5) is 0 Å². The summed E-state index contributed by atoms with van der Waals surface area (Å²) in [5.74, 6) is 0.784. The van der Waals surface area contributed by atoms with Gasteiger partial charge in [0.2, 0.25) is 0 Å². The lowest BCUT2D eigenvalue weighted by atomic mass is 9.90. The molecule has 0 nitrogen and oxygen atoms in total. The normalized spacial score (nSPS) is 12.2.